The van der Waals surface area contributed by atoms with Crippen LogP contribution in [0.3, 0.4) is 0 Å². The molecular weight excluding hydrogens is 738 g/mol. The predicted octanol–water partition coefficient (Wildman–Crippen LogP) is 5.62. The van der Waals surface area contributed by atoms with E-state index in [1.165, 1.54) is 12.3 Å². The highest BCUT2D eigenvalue weighted by Gasteiger charge is 2.55. The van der Waals surface area contributed by atoms with Crippen molar-refractivity contribution in [3.05, 3.63) is 84.1 Å². The zero-order valence-corrected chi connectivity index (χ0v) is 31.0. The van der Waals surface area contributed by atoms with E-state index in [0.717, 1.165) is 67.1 Å². The lowest BCUT2D eigenvalue weighted by Crippen LogP contribution is -2.54. The van der Waals surface area contributed by atoms with Crippen molar-refractivity contribution in [1.82, 2.24) is 29.7 Å². The number of amides is 4. The standard InChI is InChI=1S/C42H39F3N8O4/c43-32-17-25(24-1-3-28-31-22-46-10-7-33(31)52(41(44)45)35(28)18-24)21-47-37(32)51-11-8-42(9-12-51)20-26(42)23-49-13-15-50(16-14-49)27-2-4-29-30(19-27)40(57)53(39(29)56)34-5-6-36(54)48-38(34)55/h1-4,7,10,17-19,21-22,26,34,41H,5-6,8-9,11-16,20,23H2,(H,48,54,55). The third-order valence-electron chi connectivity index (χ3n) is 13.0. The van der Waals surface area contributed by atoms with E-state index in [2.05, 4.69) is 25.1 Å². The summed E-state index contributed by atoms with van der Waals surface area (Å²) in [7, 11) is 0. The highest BCUT2D eigenvalue weighted by molar-refractivity contribution is 6.23. The SMILES string of the molecule is O=C1CCC(N2C(=O)c3ccc(N4CCN(CC5CC56CCN(c5ncc(-c7ccc8c9cnccc9n(C(F)F)c8c7)cc5F)CC6)CC4)cc3C2=O)C(=O)N1. The molecule has 57 heavy (non-hydrogen) atoms. The molecule has 5 aromatic rings. The average Bonchev–Trinajstić information content (AvgIpc) is 3.65. The minimum Gasteiger partial charge on any atom is -0.369 e. The van der Waals surface area contributed by atoms with E-state index in [9.17, 15) is 28.0 Å². The van der Waals surface area contributed by atoms with Crippen LogP contribution in [0.5, 0.6) is 0 Å². The molecule has 2 aromatic carbocycles. The van der Waals surface area contributed by atoms with Crippen LogP contribution in [0, 0.1) is 17.2 Å². The maximum absolute atomic E-state index is 15.7. The molecule has 1 saturated carbocycles. The summed E-state index contributed by atoms with van der Waals surface area (Å²) in [6, 6.07) is 12.5. The van der Waals surface area contributed by atoms with Gasteiger partial charge in [-0.05, 0) is 79.0 Å². The van der Waals surface area contributed by atoms with Gasteiger partial charge in [0.2, 0.25) is 11.8 Å². The number of nitrogens with zero attached hydrogens (tertiary/aromatic N) is 7. The summed E-state index contributed by atoms with van der Waals surface area (Å²) >= 11 is 0. The number of rotatable bonds is 7. The molecule has 1 aliphatic carbocycles. The van der Waals surface area contributed by atoms with Crippen LogP contribution in [-0.4, -0.2) is 99.8 Å². The fraction of sp³-hybridized carbons (Fsp3) is 0.381. The number of carbonyl (C=O) groups excluding carboxylic acids is 4. The third kappa shape index (κ3) is 5.92. The lowest BCUT2D eigenvalue weighted by molar-refractivity contribution is -0.136. The Morgan fingerprint density at radius 1 is 0.807 bits per heavy atom. The van der Waals surface area contributed by atoms with Crippen LogP contribution < -0.4 is 15.1 Å². The van der Waals surface area contributed by atoms with Gasteiger partial charge < -0.3 is 9.80 Å². The molecule has 10 rings (SSSR count). The maximum Gasteiger partial charge on any atom is 0.319 e. The molecule has 5 aliphatic rings. The number of aromatic nitrogens is 3. The third-order valence-corrected chi connectivity index (χ3v) is 13.0. The minimum absolute atomic E-state index is 0.0782. The molecule has 1 N–H and O–H groups in total. The first-order chi connectivity index (χ1) is 27.6. The molecule has 3 saturated heterocycles. The molecule has 3 aromatic heterocycles. The van der Waals surface area contributed by atoms with Crippen molar-refractivity contribution < 1.29 is 32.3 Å². The molecule has 292 valence electrons. The average molecular weight is 777 g/mol. The van der Waals surface area contributed by atoms with Gasteiger partial charge in [-0.3, -0.25) is 43.8 Å². The Bertz CT molecular complexity index is 2510. The largest absolute Gasteiger partial charge is 0.369 e. The summed E-state index contributed by atoms with van der Waals surface area (Å²) in [6.45, 7) is 2.94. The van der Waals surface area contributed by atoms with Gasteiger partial charge in [-0.2, -0.15) is 8.78 Å². The van der Waals surface area contributed by atoms with Gasteiger partial charge in [0.15, 0.2) is 11.6 Å². The number of carbonyl (C=O) groups is 4. The number of alkyl halides is 2. The normalized spacial score (nSPS) is 22.4. The van der Waals surface area contributed by atoms with E-state index < -0.39 is 42.0 Å². The lowest BCUT2D eigenvalue weighted by atomic mass is 9.90. The predicted molar refractivity (Wildman–Crippen MR) is 205 cm³/mol. The van der Waals surface area contributed by atoms with Gasteiger partial charge in [-0.15, -0.1) is 0 Å². The number of piperazine rings is 1. The van der Waals surface area contributed by atoms with Crippen LogP contribution in [0.1, 0.15) is 59.4 Å². The molecule has 2 unspecified atom stereocenters. The van der Waals surface area contributed by atoms with Crippen LogP contribution in [0.25, 0.3) is 32.9 Å². The van der Waals surface area contributed by atoms with E-state index >= 15 is 4.39 Å². The molecule has 15 heteroatoms. The summed E-state index contributed by atoms with van der Waals surface area (Å²) in [5.74, 6) is -1.58. The van der Waals surface area contributed by atoms with Crippen molar-refractivity contribution in [3.8, 4) is 11.1 Å². The Hall–Kier alpha value is -5.83. The second-order valence-corrected chi connectivity index (χ2v) is 16.0. The number of anilines is 2. The van der Waals surface area contributed by atoms with Gasteiger partial charge in [0.25, 0.3) is 11.8 Å². The zero-order chi connectivity index (χ0) is 39.2. The van der Waals surface area contributed by atoms with Gasteiger partial charge >= 0.3 is 6.55 Å². The van der Waals surface area contributed by atoms with Crippen LogP contribution in [0.15, 0.2) is 67.1 Å². The van der Waals surface area contributed by atoms with Crippen molar-refractivity contribution in [2.45, 2.75) is 44.7 Å². The number of fused-ring (bicyclic) bond motifs is 4. The summed E-state index contributed by atoms with van der Waals surface area (Å²) in [6.07, 6.45) is 7.96. The Balaban J connectivity index is 0.740. The van der Waals surface area contributed by atoms with E-state index in [4.69, 9.17) is 0 Å². The van der Waals surface area contributed by atoms with Crippen LogP contribution in [-0.2, 0) is 9.59 Å². The number of piperidine rings is 2. The summed E-state index contributed by atoms with van der Waals surface area (Å²) < 4.78 is 44.9. The zero-order valence-electron chi connectivity index (χ0n) is 31.0. The van der Waals surface area contributed by atoms with Crippen molar-refractivity contribution >= 4 is 56.9 Å². The molecule has 1 spiro atoms. The fourth-order valence-electron chi connectivity index (χ4n) is 9.73. The second kappa shape index (κ2) is 13.4. The highest BCUT2D eigenvalue weighted by Crippen LogP contribution is 2.60. The molecule has 7 heterocycles. The highest BCUT2D eigenvalue weighted by atomic mass is 19.3. The monoisotopic (exact) mass is 776 g/mol. The molecule has 12 nitrogen and oxygen atoms in total. The van der Waals surface area contributed by atoms with E-state index in [-0.39, 0.29) is 29.4 Å². The number of hydrogen-bond acceptors (Lipinski definition) is 9. The number of imide groups is 2. The summed E-state index contributed by atoms with van der Waals surface area (Å²) in [5, 5.41) is 3.53. The Morgan fingerprint density at radius 2 is 1.60 bits per heavy atom. The van der Waals surface area contributed by atoms with Gasteiger partial charge in [0.05, 0.1) is 22.2 Å². The van der Waals surface area contributed by atoms with E-state index in [1.54, 1.807) is 48.8 Å². The van der Waals surface area contributed by atoms with Crippen molar-refractivity contribution in [3.63, 3.8) is 0 Å². The quantitative estimate of drug-likeness (QED) is 0.210. The number of nitrogens with one attached hydrogen (secondary N) is 1. The fourth-order valence-corrected chi connectivity index (χ4v) is 9.73. The summed E-state index contributed by atoms with van der Waals surface area (Å²) in [5.41, 5.74) is 3.55. The maximum atomic E-state index is 15.7. The number of hydrogen-bond donors (Lipinski definition) is 1. The Labute approximate surface area is 325 Å². The molecule has 2 atom stereocenters. The molecule has 4 fully saturated rings. The van der Waals surface area contributed by atoms with Crippen molar-refractivity contribution in [2.24, 2.45) is 11.3 Å². The molecule has 0 bridgehead atoms. The minimum atomic E-state index is -2.74. The smallest absolute Gasteiger partial charge is 0.319 e. The lowest BCUT2D eigenvalue weighted by Gasteiger charge is -2.38. The van der Waals surface area contributed by atoms with Crippen molar-refractivity contribution in [1.29, 1.82) is 0 Å². The topological polar surface area (TPSA) is 124 Å². The molecule has 4 aliphatic heterocycles. The number of benzene rings is 2. The van der Waals surface area contributed by atoms with Gasteiger partial charge in [-0.25, -0.2) is 9.37 Å². The van der Waals surface area contributed by atoms with Gasteiger partial charge in [0, 0.05) is 92.8 Å². The van der Waals surface area contributed by atoms with Crippen LogP contribution in [0.4, 0.5) is 24.7 Å². The molecule has 0 radical (unpaired) electrons. The van der Waals surface area contributed by atoms with Crippen LogP contribution >= 0.6 is 0 Å². The first kappa shape index (κ1) is 35.6. The van der Waals surface area contributed by atoms with Gasteiger partial charge in [-0.1, -0.05) is 12.1 Å². The first-order valence-electron chi connectivity index (χ1n) is 19.5. The number of halogens is 3. The summed E-state index contributed by atoms with van der Waals surface area (Å²) in [4.78, 5) is 66.9. The first-order valence-corrected chi connectivity index (χ1v) is 19.5. The van der Waals surface area contributed by atoms with Crippen LogP contribution in [0.2, 0.25) is 0 Å². The van der Waals surface area contributed by atoms with E-state index in [0.29, 0.717) is 57.8 Å². The molecular formula is C42H39F3N8O4. The second-order valence-electron chi connectivity index (χ2n) is 16.0. The Morgan fingerprint density at radius 3 is 2.35 bits per heavy atom. The molecule has 4 amide bonds. The number of pyridine rings is 2. The van der Waals surface area contributed by atoms with Gasteiger partial charge in [0.1, 0.15) is 6.04 Å². The van der Waals surface area contributed by atoms with Crippen molar-refractivity contribution in [2.75, 3.05) is 55.6 Å². The van der Waals surface area contributed by atoms with E-state index in [1.807, 2.05) is 11.0 Å². The Kier molecular flexibility index (Phi) is 8.36.